The second-order valence-corrected chi connectivity index (χ2v) is 0. The van der Waals surface area contributed by atoms with Gasteiger partial charge in [-0.1, -0.05) is 0 Å². The number of rotatable bonds is 0. The van der Waals surface area contributed by atoms with Gasteiger partial charge in [0.05, 0.1) is 0 Å². The standard InChI is InChI=1S/2CN.ClH.Pt/c2*1-2;;/h;;1H;/q2*-1;;+2/p-1. The molecule has 0 fully saturated rings. The van der Waals surface area contributed by atoms with Crippen LogP contribution in [0.4, 0.5) is 0 Å². The molecule has 0 rings (SSSR count). The van der Waals surface area contributed by atoms with Gasteiger partial charge in [-0.05, 0) is 0 Å². The minimum atomic E-state index is 1.61. The molecule has 2 nitrogen and oxygen atoms in total. The molecule has 0 heterocycles. The maximum atomic E-state index is 6.25. The molecular weight excluding hydrogens is 283 g/mol. The molecule has 0 aliphatic heterocycles. The molecule has 0 atom stereocenters. The number of halogens is 1. The zero-order chi connectivity index (χ0) is 6.00. The third-order valence-corrected chi connectivity index (χ3v) is 0. The summed E-state index contributed by atoms with van der Waals surface area (Å²) in [6.45, 7) is 9.50. The molecule has 0 aromatic heterocycles. The van der Waals surface area contributed by atoms with E-state index in [0.717, 1.165) is 0 Å². The zero-order valence-electron chi connectivity index (χ0n) is 2.59. The third-order valence-electron chi connectivity index (χ3n) is 0. The molecular formula is C2ClN2Pt-. The van der Waals surface area contributed by atoms with E-state index < -0.39 is 0 Å². The van der Waals surface area contributed by atoms with Crippen molar-refractivity contribution in [1.29, 1.82) is 10.5 Å². The van der Waals surface area contributed by atoms with Gasteiger partial charge in [0.1, 0.15) is 0 Å². The first-order valence-electron chi connectivity index (χ1n) is 0.567. The summed E-state index contributed by atoms with van der Waals surface area (Å²) in [6, 6.07) is 0. The summed E-state index contributed by atoms with van der Waals surface area (Å²) < 4.78 is 0. The van der Waals surface area contributed by atoms with Crippen LogP contribution in [0.2, 0.25) is 0 Å². The number of hydrogen-bond acceptors (Lipinski definition) is 2. The molecule has 36 valence electrons. The van der Waals surface area contributed by atoms with Crippen LogP contribution in [0.25, 0.3) is 0 Å². The topological polar surface area (TPSA) is 47.6 Å². The van der Waals surface area contributed by atoms with E-state index in [9.17, 15) is 0 Å². The molecule has 6 heavy (non-hydrogen) atoms. The monoisotopic (exact) mass is 282 g/mol. The molecule has 0 unspecified atom stereocenters. The molecule has 0 saturated heterocycles. The van der Waals surface area contributed by atoms with Gasteiger partial charge in [0.25, 0.3) is 0 Å². The van der Waals surface area contributed by atoms with Crippen molar-refractivity contribution in [1.82, 2.24) is 0 Å². The molecule has 4 heteroatoms. The van der Waals surface area contributed by atoms with Crippen LogP contribution in [-0.2, 0) is 18.8 Å². The molecule has 0 aromatic carbocycles. The van der Waals surface area contributed by atoms with Crippen molar-refractivity contribution in [3.05, 3.63) is 13.1 Å². The molecule has 0 aromatic rings. The van der Waals surface area contributed by atoms with Gasteiger partial charge in [-0.2, -0.15) is 0 Å². The van der Waals surface area contributed by atoms with Gasteiger partial charge in [0.15, 0.2) is 0 Å². The van der Waals surface area contributed by atoms with E-state index in [-0.39, 0.29) is 0 Å². The summed E-state index contributed by atoms with van der Waals surface area (Å²) in [6.07, 6.45) is 0. The van der Waals surface area contributed by atoms with E-state index in [4.69, 9.17) is 23.7 Å². The fourth-order valence-electron chi connectivity index (χ4n) is 0. The summed E-state index contributed by atoms with van der Waals surface area (Å²) in [5.41, 5.74) is 0. The van der Waals surface area contributed by atoms with Crippen LogP contribution in [0.1, 0.15) is 0 Å². The normalized spacial score (nSPS) is 1.83. The van der Waals surface area contributed by atoms with E-state index in [2.05, 4.69) is 9.42 Å². The summed E-state index contributed by atoms with van der Waals surface area (Å²) in [5.74, 6) is 0. The average molecular weight is 283 g/mol. The molecule has 0 aliphatic rings. The zero-order valence-corrected chi connectivity index (χ0v) is 5.62. The minimum absolute atomic E-state index is 1.61. The van der Waals surface area contributed by atoms with Crippen molar-refractivity contribution in [2.75, 3.05) is 0 Å². The summed E-state index contributed by atoms with van der Waals surface area (Å²) in [7, 11) is 4.61. The van der Waals surface area contributed by atoms with Gasteiger partial charge in [-0.25, -0.2) is 0 Å². The van der Waals surface area contributed by atoms with E-state index >= 15 is 0 Å². The Hall–Kier alpha value is -0.0417. The molecule has 0 amide bonds. The Kier molecular flexibility index (Phi) is 125000. The molecule has 0 radical (unpaired) electrons. The fourth-order valence-corrected chi connectivity index (χ4v) is 0. The Morgan fingerprint density at radius 3 is 1.00 bits per heavy atom. The third kappa shape index (κ3) is 19900. The van der Waals surface area contributed by atoms with Gasteiger partial charge in [0, 0.05) is 0 Å². The maximum absolute atomic E-state index is 6.25. The van der Waals surface area contributed by atoms with Gasteiger partial charge < -0.3 is 23.7 Å². The molecule has 0 N–H and O–H groups in total. The van der Waals surface area contributed by atoms with Gasteiger partial charge >= 0.3 is 28.2 Å². The van der Waals surface area contributed by atoms with E-state index in [0.29, 0.717) is 0 Å². The van der Waals surface area contributed by atoms with Crippen molar-refractivity contribution in [3.8, 4) is 0 Å². The second-order valence-electron chi connectivity index (χ2n) is 0. The van der Waals surface area contributed by atoms with Crippen LogP contribution in [0.5, 0.6) is 0 Å². The predicted octanol–water partition coefficient (Wildman–Crippen LogP) is 0.880. The van der Waals surface area contributed by atoms with Crippen molar-refractivity contribution in [2.24, 2.45) is 0 Å². The van der Waals surface area contributed by atoms with Crippen LogP contribution in [0.15, 0.2) is 0 Å². The van der Waals surface area contributed by atoms with Crippen molar-refractivity contribution in [2.45, 2.75) is 0 Å². The van der Waals surface area contributed by atoms with E-state index in [1.54, 1.807) is 18.8 Å². The van der Waals surface area contributed by atoms with E-state index in [1.807, 2.05) is 0 Å². The Morgan fingerprint density at radius 2 is 1.00 bits per heavy atom. The fraction of sp³-hybridized carbons (Fsp3) is 0. The average Bonchev–Trinajstić information content (AvgIpc) is 1.81. The Morgan fingerprint density at radius 1 is 1.00 bits per heavy atom. The summed E-state index contributed by atoms with van der Waals surface area (Å²) in [5, 5.41) is 12.5. The van der Waals surface area contributed by atoms with Crippen molar-refractivity contribution < 1.29 is 18.8 Å². The Balaban J connectivity index is -0.0000000225. The molecule has 0 bridgehead atoms. The second kappa shape index (κ2) is 44700. The number of hydrogen-bond donors (Lipinski definition) is 0. The van der Waals surface area contributed by atoms with Gasteiger partial charge in [-0.3, -0.25) is 0 Å². The van der Waals surface area contributed by atoms with Crippen LogP contribution < -0.4 is 0 Å². The van der Waals surface area contributed by atoms with Crippen LogP contribution in [0.3, 0.4) is 0 Å². The quantitative estimate of drug-likeness (QED) is 0.619. The molecule has 0 aliphatic carbocycles. The van der Waals surface area contributed by atoms with Crippen LogP contribution in [-0.4, -0.2) is 0 Å². The summed E-state index contributed by atoms with van der Waals surface area (Å²) in [4.78, 5) is 0. The van der Waals surface area contributed by atoms with E-state index in [1.165, 1.54) is 0 Å². The first-order chi connectivity index (χ1) is 3.00. The Labute approximate surface area is 52.2 Å². The number of nitrogens with zero attached hydrogens (tertiary/aromatic N) is 2. The predicted molar refractivity (Wildman–Crippen MR) is 15.8 cm³/mol. The molecule has 0 saturated carbocycles. The van der Waals surface area contributed by atoms with Crippen LogP contribution >= 0.6 is 9.42 Å². The Bertz CT molecular complexity index is 27.0. The molecule has 0 spiro atoms. The van der Waals surface area contributed by atoms with Crippen molar-refractivity contribution in [3.63, 3.8) is 0 Å². The van der Waals surface area contributed by atoms with Gasteiger partial charge in [0.2, 0.25) is 0 Å². The first-order valence-corrected chi connectivity index (χ1v) is 3.38. The van der Waals surface area contributed by atoms with Crippen molar-refractivity contribution >= 4 is 9.42 Å². The first kappa shape index (κ1) is 16.7. The SMILES string of the molecule is [C-]#N.[C-]#N.[Cl][Pt+]. The summed E-state index contributed by atoms with van der Waals surface area (Å²) >= 11 is 1.61. The van der Waals surface area contributed by atoms with Crippen LogP contribution in [0, 0.1) is 23.7 Å². The van der Waals surface area contributed by atoms with Gasteiger partial charge in [-0.15, -0.1) is 0 Å².